The van der Waals surface area contributed by atoms with Gasteiger partial charge in [-0.05, 0) is 17.7 Å². The normalized spacial score (nSPS) is 11.1. The van der Waals surface area contributed by atoms with Crippen LogP contribution < -0.4 is 5.56 Å². The SMILES string of the molecule is O=c1cc(Cc2csc(-c3ccncc3)n2)nc2c(-c3ccccc3)c[nH]n12. The minimum absolute atomic E-state index is 0.133. The van der Waals surface area contributed by atoms with E-state index in [0.717, 1.165) is 27.4 Å². The van der Waals surface area contributed by atoms with Gasteiger partial charge in [-0.1, -0.05) is 30.3 Å². The summed E-state index contributed by atoms with van der Waals surface area (Å²) in [6.45, 7) is 0. The van der Waals surface area contributed by atoms with Crippen molar-refractivity contribution in [2.24, 2.45) is 0 Å². The minimum atomic E-state index is -0.133. The molecule has 136 valence electrons. The van der Waals surface area contributed by atoms with Gasteiger partial charge >= 0.3 is 0 Å². The first-order valence-electron chi connectivity index (χ1n) is 8.78. The molecule has 0 amide bonds. The summed E-state index contributed by atoms with van der Waals surface area (Å²) < 4.78 is 1.47. The molecule has 0 aliphatic carbocycles. The summed E-state index contributed by atoms with van der Waals surface area (Å²) in [7, 11) is 0. The zero-order chi connectivity index (χ0) is 18.9. The molecule has 5 aromatic rings. The van der Waals surface area contributed by atoms with Crippen LogP contribution in [0.1, 0.15) is 11.4 Å². The van der Waals surface area contributed by atoms with Crippen LogP contribution in [0.25, 0.3) is 27.3 Å². The van der Waals surface area contributed by atoms with E-state index in [1.165, 1.54) is 4.52 Å². The number of aromatic nitrogens is 5. The third-order valence-electron chi connectivity index (χ3n) is 4.48. The smallest absolute Gasteiger partial charge is 0.272 e. The van der Waals surface area contributed by atoms with Crippen LogP contribution in [0.4, 0.5) is 0 Å². The maximum Gasteiger partial charge on any atom is 0.272 e. The third kappa shape index (κ3) is 3.01. The summed E-state index contributed by atoms with van der Waals surface area (Å²) in [6, 6.07) is 15.3. The highest BCUT2D eigenvalue weighted by molar-refractivity contribution is 7.13. The van der Waals surface area contributed by atoms with Crippen molar-refractivity contribution in [3.63, 3.8) is 0 Å². The Morgan fingerprint density at radius 2 is 1.79 bits per heavy atom. The molecule has 0 saturated carbocycles. The molecule has 1 N–H and O–H groups in total. The molecular weight excluding hydrogens is 370 g/mol. The molecule has 28 heavy (non-hydrogen) atoms. The molecular formula is C21H15N5OS. The first-order valence-corrected chi connectivity index (χ1v) is 9.66. The van der Waals surface area contributed by atoms with Crippen molar-refractivity contribution >= 4 is 17.0 Å². The van der Waals surface area contributed by atoms with Gasteiger partial charge in [0.1, 0.15) is 5.01 Å². The van der Waals surface area contributed by atoms with Crippen LogP contribution in [0.5, 0.6) is 0 Å². The zero-order valence-corrected chi connectivity index (χ0v) is 15.6. The molecule has 0 aliphatic rings. The predicted octanol–water partition coefficient (Wildman–Crippen LogP) is 3.80. The van der Waals surface area contributed by atoms with Crippen LogP contribution >= 0.6 is 11.3 Å². The molecule has 0 bridgehead atoms. The van der Waals surface area contributed by atoms with E-state index in [1.54, 1.807) is 29.8 Å². The van der Waals surface area contributed by atoms with E-state index >= 15 is 0 Å². The average molecular weight is 385 g/mol. The van der Waals surface area contributed by atoms with Crippen molar-refractivity contribution in [1.29, 1.82) is 0 Å². The molecule has 0 spiro atoms. The number of aromatic amines is 1. The fraction of sp³-hybridized carbons (Fsp3) is 0.0476. The maximum atomic E-state index is 12.5. The summed E-state index contributed by atoms with van der Waals surface area (Å²) in [4.78, 5) is 26.0. The summed E-state index contributed by atoms with van der Waals surface area (Å²) in [5.41, 5.74) is 5.03. The molecule has 0 radical (unpaired) electrons. The number of H-pyrrole nitrogens is 1. The number of thiazole rings is 1. The second kappa shape index (κ2) is 6.86. The van der Waals surface area contributed by atoms with E-state index in [1.807, 2.05) is 54.0 Å². The Morgan fingerprint density at radius 1 is 0.964 bits per heavy atom. The number of nitrogens with one attached hydrogen (secondary N) is 1. The number of rotatable bonds is 4. The van der Waals surface area contributed by atoms with E-state index < -0.39 is 0 Å². The van der Waals surface area contributed by atoms with Gasteiger partial charge in [-0.2, -0.15) is 0 Å². The predicted molar refractivity (Wildman–Crippen MR) is 109 cm³/mol. The summed E-state index contributed by atoms with van der Waals surface area (Å²) in [6.07, 6.45) is 5.83. The maximum absolute atomic E-state index is 12.5. The van der Waals surface area contributed by atoms with Gasteiger partial charge in [0, 0.05) is 47.6 Å². The standard InChI is InChI=1S/C21H15N5OS/c27-19-11-16(10-17-13-28-21(25-17)15-6-8-22-9-7-15)24-20-18(12-23-26(19)20)14-4-2-1-3-5-14/h1-9,11-13,23H,10H2. The number of pyridine rings is 1. The third-order valence-corrected chi connectivity index (χ3v) is 5.42. The molecule has 0 saturated heterocycles. The average Bonchev–Trinajstić information content (AvgIpc) is 3.37. The first kappa shape index (κ1) is 16.6. The van der Waals surface area contributed by atoms with Gasteiger partial charge < -0.3 is 0 Å². The Kier molecular flexibility index (Phi) is 4.06. The number of nitrogens with zero attached hydrogens (tertiary/aromatic N) is 4. The van der Waals surface area contributed by atoms with Crippen LogP contribution in [0.3, 0.4) is 0 Å². The Hall–Kier alpha value is -3.58. The van der Waals surface area contributed by atoms with Crippen molar-refractivity contribution in [2.75, 3.05) is 0 Å². The van der Waals surface area contributed by atoms with E-state index in [2.05, 4.69) is 15.1 Å². The quantitative estimate of drug-likeness (QED) is 0.511. The number of hydrogen-bond donors (Lipinski definition) is 1. The van der Waals surface area contributed by atoms with Crippen LogP contribution in [0.2, 0.25) is 0 Å². The van der Waals surface area contributed by atoms with Gasteiger partial charge in [-0.25, -0.2) is 14.5 Å². The molecule has 0 fully saturated rings. The Morgan fingerprint density at radius 3 is 2.61 bits per heavy atom. The van der Waals surface area contributed by atoms with E-state index in [0.29, 0.717) is 17.8 Å². The Balaban J connectivity index is 1.52. The van der Waals surface area contributed by atoms with Gasteiger partial charge in [0.05, 0.1) is 11.4 Å². The zero-order valence-electron chi connectivity index (χ0n) is 14.7. The second-order valence-corrected chi connectivity index (χ2v) is 7.21. The second-order valence-electron chi connectivity index (χ2n) is 6.35. The van der Waals surface area contributed by atoms with Gasteiger partial charge in [0.15, 0.2) is 5.65 Å². The van der Waals surface area contributed by atoms with Crippen LogP contribution in [-0.2, 0) is 6.42 Å². The van der Waals surface area contributed by atoms with Crippen molar-refractivity contribution in [3.8, 4) is 21.7 Å². The topological polar surface area (TPSA) is 75.9 Å². The van der Waals surface area contributed by atoms with Gasteiger partial charge in [0.2, 0.25) is 0 Å². The van der Waals surface area contributed by atoms with Crippen molar-refractivity contribution in [1.82, 2.24) is 24.6 Å². The molecule has 1 aromatic carbocycles. The fourth-order valence-corrected chi connectivity index (χ4v) is 3.98. The summed E-state index contributed by atoms with van der Waals surface area (Å²) in [5.74, 6) is 0. The largest absolute Gasteiger partial charge is 0.296 e. The van der Waals surface area contributed by atoms with Crippen LogP contribution in [0, 0.1) is 0 Å². The van der Waals surface area contributed by atoms with Crippen LogP contribution in [-0.4, -0.2) is 24.6 Å². The molecule has 0 unspecified atom stereocenters. The fourth-order valence-electron chi connectivity index (χ4n) is 3.15. The van der Waals surface area contributed by atoms with Crippen LogP contribution in [0.15, 0.2) is 77.3 Å². The van der Waals surface area contributed by atoms with Crippen molar-refractivity contribution in [3.05, 3.63) is 94.2 Å². The van der Waals surface area contributed by atoms with Gasteiger partial charge in [-0.15, -0.1) is 11.3 Å². The highest BCUT2D eigenvalue weighted by atomic mass is 32.1. The minimum Gasteiger partial charge on any atom is -0.296 e. The first-order chi connectivity index (χ1) is 13.8. The highest BCUT2D eigenvalue weighted by Crippen LogP contribution is 2.25. The molecule has 0 atom stereocenters. The highest BCUT2D eigenvalue weighted by Gasteiger charge is 2.12. The molecule has 5 rings (SSSR count). The van der Waals surface area contributed by atoms with Gasteiger partial charge in [0.25, 0.3) is 5.56 Å². The lowest BCUT2D eigenvalue weighted by Gasteiger charge is -2.02. The molecule has 4 aromatic heterocycles. The number of benzene rings is 1. The number of hydrogen-bond acceptors (Lipinski definition) is 5. The van der Waals surface area contributed by atoms with Crippen molar-refractivity contribution < 1.29 is 0 Å². The lowest BCUT2D eigenvalue weighted by molar-refractivity contribution is 0.878. The molecule has 7 heteroatoms. The van der Waals surface area contributed by atoms with Gasteiger partial charge in [-0.3, -0.25) is 14.9 Å². The lowest BCUT2D eigenvalue weighted by atomic mass is 10.1. The number of fused-ring (bicyclic) bond motifs is 1. The monoisotopic (exact) mass is 385 g/mol. The lowest BCUT2D eigenvalue weighted by Crippen LogP contribution is -2.15. The van der Waals surface area contributed by atoms with E-state index in [9.17, 15) is 4.79 Å². The van der Waals surface area contributed by atoms with E-state index in [4.69, 9.17) is 4.98 Å². The van der Waals surface area contributed by atoms with E-state index in [-0.39, 0.29) is 5.56 Å². The summed E-state index contributed by atoms with van der Waals surface area (Å²) in [5, 5.41) is 5.93. The molecule has 4 heterocycles. The Labute approximate surface area is 164 Å². The molecule has 6 nitrogen and oxygen atoms in total. The summed E-state index contributed by atoms with van der Waals surface area (Å²) >= 11 is 1.58. The Bertz CT molecular complexity index is 1310. The van der Waals surface area contributed by atoms with Crippen molar-refractivity contribution in [2.45, 2.75) is 6.42 Å². The molecule has 0 aliphatic heterocycles.